The number of anilines is 2. The Kier molecular flexibility index (Phi) is 6.17. The molecule has 0 N–H and O–H groups in total. The average Bonchev–Trinajstić information content (AvgIpc) is 2.70. The van der Waals surface area contributed by atoms with Crippen molar-refractivity contribution in [3.63, 3.8) is 0 Å². The van der Waals surface area contributed by atoms with E-state index in [-0.39, 0.29) is 5.91 Å². The molecule has 0 radical (unpaired) electrons. The van der Waals surface area contributed by atoms with Gasteiger partial charge in [-0.2, -0.15) is 0 Å². The zero-order valence-electron chi connectivity index (χ0n) is 17.7. The molecule has 1 aromatic heterocycles. The lowest BCUT2D eigenvalue weighted by molar-refractivity contribution is 0.0740. The summed E-state index contributed by atoms with van der Waals surface area (Å²) in [5.74, 6) is 0.641. The highest BCUT2D eigenvalue weighted by Gasteiger charge is 2.25. The molecule has 0 unspecified atom stereocenters. The second-order valence-corrected chi connectivity index (χ2v) is 7.37. The number of benzene rings is 1. The van der Waals surface area contributed by atoms with Crippen LogP contribution in [0.3, 0.4) is 0 Å². The summed E-state index contributed by atoms with van der Waals surface area (Å²) >= 11 is 0. The zero-order chi connectivity index (χ0) is 20.3. The van der Waals surface area contributed by atoms with E-state index in [0.717, 1.165) is 31.9 Å². The first kappa shape index (κ1) is 20.1. The number of carbonyl (C=O) groups excluding carboxylic acids is 1. The third-order valence-electron chi connectivity index (χ3n) is 5.59. The first-order valence-corrected chi connectivity index (χ1v) is 10.2. The minimum Gasteiger partial charge on any atom is -0.368 e. The second-order valence-electron chi connectivity index (χ2n) is 7.37. The zero-order valence-corrected chi connectivity index (χ0v) is 17.7. The van der Waals surface area contributed by atoms with Crippen LogP contribution in [-0.4, -0.2) is 60.0 Å². The Morgan fingerprint density at radius 1 is 1.04 bits per heavy atom. The molecule has 1 saturated heterocycles. The Balaban J connectivity index is 1.72. The van der Waals surface area contributed by atoms with Gasteiger partial charge < -0.3 is 14.7 Å². The summed E-state index contributed by atoms with van der Waals surface area (Å²) in [7, 11) is 0. The summed E-state index contributed by atoms with van der Waals surface area (Å²) in [4.78, 5) is 28.5. The number of nitrogens with zero attached hydrogens (tertiary/aromatic N) is 5. The number of hydrogen-bond donors (Lipinski definition) is 0. The van der Waals surface area contributed by atoms with Crippen LogP contribution in [0.25, 0.3) is 0 Å². The molecule has 6 nitrogen and oxygen atoms in total. The van der Waals surface area contributed by atoms with Gasteiger partial charge in [-0.1, -0.05) is 12.1 Å². The molecule has 1 aliphatic heterocycles. The first-order chi connectivity index (χ1) is 13.4. The molecule has 28 heavy (non-hydrogen) atoms. The molecular weight excluding hydrogens is 350 g/mol. The molecule has 3 rings (SSSR count). The third-order valence-corrected chi connectivity index (χ3v) is 5.59. The average molecular weight is 382 g/mol. The molecule has 0 saturated carbocycles. The van der Waals surface area contributed by atoms with E-state index in [1.807, 2.05) is 11.8 Å². The van der Waals surface area contributed by atoms with E-state index in [0.29, 0.717) is 24.7 Å². The molecule has 1 aliphatic rings. The quantitative estimate of drug-likeness (QED) is 0.796. The van der Waals surface area contributed by atoms with Crippen LogP contribution in [0.5, 0.6) is 0 Å². The Bertz CT molecular complexity index is 839. The number of piperazine rings is 1. The van der Waals surface area contributed by atoms with Crippen molar-refractivity contribution in [3.8, 4) is 0 Å². The van der Waals surface area contributed by atoms with Gasteiger partial charge in [0.15, 0.2) is 0 Å². The first-order valence-electron chi connectivity index (χ1n) is 10.2. The molecule has 150 valence electrons. The largest absolute Gasteiger partial charge is 0.368 e. The summed E-state index contributed by atoms with van der Waals surface area (Å²) < 4.78 is 0. The lowest BCUT2D eigenvalue weighted by Gasteiger charge is -2.37. The van der Waals surface area contributed by atoms with Gasteiger partial charge in [0.05, 0.1) is 0 Å². The highest BCUT2D eigenvalue weighted by molar-refractivity contribution is 5.93. The summed E-state index contributed by atoms with van der Waals surface area (Å²) in [5.41, 5.74) is 5.21. The van der Waals surface area contributed by atoms with Gasteiger partial charge in [0.2, 0.25) is 5.95 Å². The van der Waals surface area contributed by atoms with Gasteiger partial charge in [-0.15, -0.1) is 0 Å². The Labute approximate surface area is 168 Å². The molecule has 0 aliphatic carbocycles. The van der Waals surface area contributed by atoms with Crippen molar-refractivity contribution < 1.29 is 4.79 Å². The summed E-state index contributed by atoms with van der Waals surface area (Å²) in [6, 6.07) is 8.22. The highest BCUT2D eigenvalue weighted by Crippen LogP contribution is 2.24. The lowest BCUT2D eigenvalue weighted by Crippen LogP contribution is -2.49. The molecule has 2 heterocycles. The normalized spacial score (nSPS) is 14.3. The molecule has 1 amide bonds. The van der Waals surface area contributed by atoms with Crippen molar-refractivity contribution >= 4 is 17.5 Å². The lowest BCUT2D eigenvalue weighted by atomic mass is 10.1. The minimum atomic E-state index is -0.000444. The maximum atomic E-state index is 13.1. The van der Waals surface area contributed by atoms with Gasteiger partial charge >= 0.3 is 0 Å². The second kappa shape index (κ2) is 8.59. The SMILES string of the molecule is CCN(CC)c1nc(C)cc(C(=O)N2CCN(c3cccc(C)c3C)CC2)n1. The van der Waals surface area contributed by atoms with Crippen LogP contribution in [0.1, 0.15) is 41.2 Å². The predicted molar refractivity (Wildman–Crippen MR) is 114 cm³/mol. The van der Waals surface area contributed by atoms with Crippen molar-refractivity contribution in [3.05, 3.63) is 46.8 Å². The summed E-state index contributed by atoms with van der Waals surface area (Å²) in [6.07, 6.45) is 0. The number of carbonyl (C=O) groups is 1. The van der Waals surface area contributed by atoms with Crippen LogP contribution >= 0.6 is 0 Å². The summed E-state index contributed by atoms with van der Waals surface area (Å²) in [6.45, 7) is 15.1. The van der Waals surface area contributed by atoms with Crippen LogP contribution in [-0.2, 0) is 0 Å². The molecule has 1 aromatic carbocycles. The van der Waals surface area contributed by atoms with E-state index in [1.165, 1.54) is 16.8 Å². The number of amides is 1. The van der Waals surface area contributed by atoms with E-state index < -0.39 is 0 Å². The van der Waals surface area contributed by atoms with E-state index in [9.17, 15) is 4.79 Å². The van der Waals surface area contributed by atoms with Gasteiger partial charge in [-0.3, -0.25) is 4.79 Å². The summed E-state index contributed by atoms with van der Waals surface area (Å²) in [5, 5.41) is 0. The number of aromatic nitrogens is 2. The molecule has 2 aromatic rings. The van der Waals surface area contributed by atoms with Gasteiger partial charge in [-0.05, 0) is 57.9 Å². The van der Waals surface area contributed by atoms with Crippen molar-refractivity contribution in [1.29, 1.82) is 0 Å². The molecule has 1 fully saturated rings. The fraction of sp³-hybridized carbons (Fsp3) is 0.500. The monoisotopic (exact) mass is 381 g/mol. The van der Waals surface area contributed by atoms with E-state index in [4.69, 9.17) is 0 Å². The highest BCUT2D eigenvalue weighted by atomic mass is 16.2. The third kappa shape index (κ3) is 4.11. The predicted octanol–water partition coefficient (Wildman–Crippen LogP) is 3.21. The number of rotatable bonds is 5. The maximum Gasteiger partial charge on any atom is 0.272 e. The Hall–Kier alpha value is -2.63. The smallest absolute Gasteiger partial charge is 0.272 e. The van der Waals surface area contributed by atoms with E-state index in [1.54, 1.807) is 6.07 Å². The van der Waals surface area contributed by atoms with Gasteiger partial charge in [0.25, 0.3) is 5.91 Å². The van der Waals surface area contributed by atoms with Crippen LogP contribution in [0.4, 0.5) is 11.6 Å². The molecular formula is C22H31N5O. The van der Waals surface area contributed by atoms with Crippen molar-refractivity contribution in [2.75, 3.05) is 49.1 Å². The topological polar surface area (TPSA) is 52.6 Å². The van der Waals surface area contributed by atoms with E-state index in [2.05, 4.69) is 65.7 Å². The van der Waals surface area contributed by atoms with Gasteiger partial charge in [0.1, 0.15) is 5.69 Å². The minimum absolute atomic E-state index is 0.000444. The van der Waals surface area contributed by atoms with E-state index >= 15 is 0 Å². The van der Waals surface area contributed by atoms with Gasteiger partial charge in [-0.25, -0.2) is 9.97 Å². The fourth-order valence-electron chi connectivity index (χ4n) is 3.70. The molecule has 0 atom stereocenters. The van der Waals surface area contributed by atoms with Gasteiger partial charge in [0, 0.05) is 50.6 Å². The molecule has 0 bridgehead atoms. The Morgan fingerprint density at radius 3 is 2.36 bits per heavy atom. The fourth-order valence-corrected chi connectivity index (χ4v) is 3.70. The van der Waals surface area contributed by atoms with Crippen LogP contribution < -0.4 is 9.80 Å². The van der Waals surface area contributed by atoms with Crippen LogP contribution in [0.15, 0.2) is 24.3 Å². The number of aryl methyl sites for hydroxylation is 2. The number of hydrogen-bond acceptors (Lipinski definition) is 5. The maximum absolute atomic E-state index is 13.1. The standard InChI is InChI=1S/C22H31N5O/c1-6-25(7-2)22-23-17(4)15-19(24-22)21(28)27-13-11-26(12-14-27)20-10-8-9-16(3)18(20)5/h8-10,15H,6-7,11-14H2,1-5H3. The van der Waals surface area contributed by atoms with Crippen LogP contribution in [0.2, 0.25) is 0 Å². The Morgan fingerprint density at radius 2 is 1.71 bits per heavy atom. The molecule has 0 spiro atoms. The van der Waals surface area contributed by atoms with Crippen molar-refractivity contribution in [2.24, 2.45) is 0 Å². The van der Waals surface area contributed by atoms with Crippen LogP contribution in [0, 0.1) is 20.8 Å². The van der Waals surface area contributed by atoms with Crippen molar-refractivity contribution in [1.82, 2.24) is 14.9 Å². The molecule has 6 heteroatoms. The van der Waals surface area contributed by atoms with Crippen molar-refractivity contribution in [2.45, 2.75) is 34.6 Å².